The average molecular weight is 468 g/mol. The third-order valence-electron chi connectivity index (χ3n) is 8.15. The van der Waals surface area contributed by atoms with Gasteiger partial charge in [-0.2, -0.15) is 0 Å². The van der Waals surface area contributed by atoms with Crippen molar-refractivity contribution in [1.29, 1.82) is 0 Å². The minimum absolute atomic E-state index is 0.00796. The van der Waals surface area contributed by atoms with Gasteiger partial charge >= 0.3 is 6.03 Å². The van der Waals surface area contributed by atoms with E-state index in [1.807, 2.05) is 18.0 Å². The number of amides is 2. The molecule has 0 radical (unpaired) electrons. The van der Waals surface area contributed by atoms with E-state index in [4.69, 9.17) is 4.98 Å². The fourth-order valence-electron chi connectivity index (χ4n) is 5.70. The molecule has 2 saturated carbocycles. The quantitative estimate of drug-likeness (QED) is 0.641. The summed E-state index contributed by atoms with van der Waals surface area (Å²) in [7, 11) is 1.89. The van der Waals surface area contributed by atoms with Crippen LogP contribution in [-0.2, 0) is 5.41 Å². The zero-order valence-electron chi connectivity index (χ0n) is 20.1. The van der Waals surface area contributed by atoms with Crippen molar-refractivity contribution in [3.05, 3.63) is 47.7 Å². The van der Waals surface area contributed by atoms with E-state index in [1.165, 1.54) is 6.07 Å². The number of aliphatic hydroxyl groups is 1. The van der Waals surface area contributed by atoms with E-state index in [0.29, 0.717) is 30.5 Å². The van der Waals surface area contributed by atoms with Gasteiger partial charge in [-0.1, -0.05) is 19.1 Å². The summed E-state index contributed by atoms with van der Waals surface area (Å²) in [4.78, 5) is 26.2. The van der Waals surface area contributed by atoms with E-state index >= 15 is 0 Å². The summed E-state index contributed by atoms with van der Waals surface area (Å²) in [5.41, 5.74) is 1.37. The van der Waals surface area contributed by atoms with Gasteiger partial charge < -0.3 is 15.3 Å². The topological polar surface area (TPSA) is 81.6 Å². The molecular weight excluding hydrogens is 433 g/mol. The Balaban J connectivity index is 1.38. The van der Waals surface area contributed by atoms with Crippen molar-refractivity contribution in [3.63, 3.8) is 0 Å². The Kier molecular flexibility index (Phi) is 5.96. The predicted molar refractivity (Wildman–Crippen MR) is 130 cm³/mol. The van der Waals surface area contributed by atoms with Crippen molar-refractivity contribution in [1.82, 2.24) is 15.3 Å². The number of likely N-dealkylation sites (N-methyl/N-ethyl adjacent to an activating group) is 1. The molecule has 0 atom stereocenters. The van der Waals surface area contributed by atoms with Crippen LogP contribution >= 0.6 is 0 Å². The number of halogens is 1. The summed E-state index contributed by atoms with van der Waals surface area (Å²) in [6.07, 6.45) is 8.38. The summed E-state index contributed by atoms with van der Waals surface area (Å²) in [5, 5.41) is 12.8. The summed E-state index contributed by atoms with van der Waals surface area (Å²) < 4.78 is 14.0. The summed E-state index contributed by atoms with van der Waals surface area (Å²) in [5.74, 6) is 1.72. The predicted octanol–water partition coefficient (Wildman–Crippen LogP) is 4.11. The maximum Gasteiger partial charge on any atom is 0.322 e. The third-order valence-corrected chi connectivity index (χ3v) is 8.15. The zero-order chi connectivity index (χ0) is 23.9. The molecule has 182 valence electrons. The van der Waals surface area contributed by atoms with Crippen molar-refractivity contribution >= 4 is 17.5 Å². The van der Waals surface area contributed by atoms with Gasteiger partial charge in [-0.15, -0.1) is 0 Å². The van der Waals surface area contributed by atoms with Crippen LogP contribution in [-0.4, -0.2) is 53.4 Å². The lowest BCUT2D eigenvalue weighted by atomic mass is 9.63. The lowest BCUT2D eigenvalue weighted by molar-refractivity contribution is 0.184. The molecule has 0 unspecified atom stereocenters. The molecule has 2 aromatic rings. The normalized spacial score (nSPS) is 26.7. The average Bonchev–Trinajstić information content (AvgIpc) is 3.64. The Labute approximate surface area is 200 Å². The molecule has 7 nitrogen and oxygen atoms in total. The van der Waals surface area contributed by atoms with Crippen LogP contribution in [0.5, 0.6) is 0 Å². The van der Waals surface area contributed by atoms with Crippen LogP contribution < -0.4 is 15.1 Å². The molecule has 1 saturated heterocycles. The first-order valence-corrected chi connectivity index (χ1v) is 12.4. The highest BCUT2D eigenvalue weighted by Gasteiger charge is 2.49. The molecule has 1 aromatic heterocycles. The summed E-state index contributed by atoms with van der Waals surface area (Å²) in [6.45, 7) is 3.17. The second-order valence-electron chi connectivity index (χ2n) is 10.3. The lowest BCUT2D eigenvalue weighted by Gasteiger charge is -2.44. The highest BCUT2D eigenvalue weighted by atomic mass is 19.1. The molecule has 3 fully saturated rings. The molecule has 2 aliphatic carbocycles. The highest BCUT2D eigenvalue weighted by Crippen LogP contribution is 2.48. The summed E-state index contributed by atoms with van der Waals surface area (Å²) in [6, 6.07) is 6.86. The number of aromatic nitrogens is 2. The summed E-state index contributed by atoms with van der Waals surface area (Å²) >= 11 is 0. The van der Waals surface area contributed by atoms with Crippen LogP contribution in [0.25, 0.3) is 0 Å². The van der Waals surface area contributed by atoms with Gasteiger partial charge in [0.1, 0.15) is 17.3 Å². The van der Waals surface area contributed by atoms with Gasteiger partial charge in [0.05, 0.1) is 24.9 Å². The number of nitrogens with zero attached hydrogens (tertiary/aromatic N) is 4. The van der Waals surface area contributed by atoms with E-state index in [9.17, 15) is 14.3 Å². The maximum absolute atomic E-state index is 14.0. The number of aliphatic hydroxyl groups excluding tert-OH is 1. The number of nitrogens with one attached hydrogen (secondary N) is 1. The second-order valence-corrected chi connectivity index (χ2v) is 10.3. The smallest absolute Gasteiger partial charge is 0.322 e. The number of benzene rings is 1. The standard InChI is InChI=1S/C26H34FN5O2/c1-3-25(19-5-4-6-20(27)15-19)9-11-26(12-10-25)17-32(24(34)30-26)21-16-28-22(18-7-8-18)29-23(21)31(2)13-14-33/h4-6,15-16,18,33H,3,7-14,17H2,1-2H3,(H,30,34). The molecule has 0 bridgehead atoms. The molecule has 1 spiro atoms. The molecule has 34 heavy (non-hydrogen) atoms. The first kappa shape index (κ1) is 23.0. The number of rotatable bonds is 7. The fraction of sp³-hybridized carbons (Fsp3) is 0.577. The largest absolute Gasteiger partial charge is 0.395 e. The molecule has 1 aliphatic heterocycles. The molecule has 2 N–H and O–H groups in total. The van der Waals surface area contributed by atoms with Crippen molar-refractivity contribution in [3.8, 4) is 0 Å². The van der Waals surface area contributed by atoms with Crippen molar-refractivity contribution < 1.29 is 14.3 Å². The van der Waals surface area contributed by atoms with Crippen molar-refractivity contribution in [2.45, 2.75) is 68.7 Å². The van der Waals surface area contributed by atoms with E-state index in [1.54, 1.807) is 23.2 Å². The molecule has 1 aromatic carbocycles. The van der Waals surface area contributed by atoms with Gasteiger partial charge in [-0.25, -0.2) is 19.2 Å². The van der Waals surface area contributed by atoms with E-state index in [2.05, 4.69) is 17.2 Å². The van der Waals surface area contributed by atoms with Gasteiger partial charge in [0.25, 0.3) is 0 Å². The Morgan fingerprint density at radius 1 is 1.26 bits per heavy atom. The first-order chi connectivity index (χ1) is 16.4. The first-order valence-electron chi connectivity index (χ1n) is 12.4. The van der Waals surface area contributed by atoms with Crippen molar-refractivity contribution in [2.75, 3.05) is 36.5 Å². The Morgan fingerprint density at radius 2 is 2.03 bits per heavy atom. The van der Waals surface area contributed by atoms with E-state index in [0.717, 1.165) is 56.3 Å². The van der Waals surface area contributed by atoms with Crippen LogP contribution in [0, 0.1) is 5.82 Å². The van der Waals surface area contributed by atoms with Crippen LogP contribution in [0.4, 0.5) is 20.7 Å². The number of urea groups is 1. The molecule has 2 amide bonds. The second kappa shape index (κ2) is 8.80. The van der Waals surface area contributed by atoms with Gasteiger partial charge in [-0.05, 0) is 68.1 Å². The molecule has 8 heteroatoms. The van der Waals surface area contributed by atoms with Crippen molar-refractivity contribution in [2.24, 2.45) is 0 Å². The van der Waals surface area contributed by atoms with Crippen LogP contribution in [0.15, 0.2) is 30.5 Å². The number of carbonyl (C=O) groups excluding carboxylic acids is 1. The Morgan fingerprint density at radius 3 is 2.68 bits per heavy atom. The third kappa shape index (κ3) is 4.13. The minimum Gasteiger partial charge on any atom is -0.395 e. The van der Waals surface area contributed by atoms with Gasteiger partial charge in [-0.3, -0.25) is 4.90 Å². The molecule has 3 aliphatic rings. The SMILES string of the molecule is CCC1(c2cccc(F)c2)CCC2(CC1)CN(c1cnc(C3CC3)nc1N(C)CCO)C(=O)N2. The van der Waals surface area contributed by atoms with Crippen LogP contribution in [0.1, 0.15) is 69.2 Å². The minimum atomic E-state index is -0.314. The zero-order valence-corrected chi connectivity index (χ0v) is 20.1. The maximum atomic E-state index is 14.0. The lowest BCUT2D eigenvalue weighted by Crippen LogP contribution is -2.49. The van der Waals surface area contributed by atoms with Gasteiger partial charge in [0.2, 0.25) is 0 Å². The number of anilines is 2. The number of carbonyl (C=O) groups is 1. The Bertz CT molecular complexity index is 1060. The Hall–Kier alpha value is -2.74. The van der Waals surface area contributed by atoms with Gasteiger partial charge in [0.15, 0.2) is 5.82 Å². The van der Waals surface area contributed by atoms with Crippen LogP contribution in [0.2, 0.25) is 0 Å². The van der Waals surface area contributed by atoms with E-state index < -0.39 is 0 Å². The monoisotopic (exact) mass is 467 g/mol. The van der Waals surface area contributed by atoms with E-state index in [-0.39, 0.29) is 29.4 Å². The van der Waals surface area contributed by atoms with Gasteiger partial charge in [0, 0.05) is 19.5 Å². The number of hydrogen-bond acceptors (Lipinski definition) is 5. The number of hydrogen-bond donors (Lipinski definition) is 2. The van der Waals surface area contributed by atoms with Crippen LogP contribution in [0.3, 0.4) is 0 Å². The fourth-order valence-corrected chi connectivity index (χ4v) is 5.70. The molecule has 5 rings (SSSR count). The molecule has 2 heterocycles. The highest BCUT2D eigenvalue weighted by molar-refractivity contribution is 5.97. The molecular formula is C26H34FN5O2.